The molecule has 0 saturated carbocycles. The van der Waals surface area contributed by atoms with E-state index >= 15 is 0 Å². The predicted octanol–water partition coefficient (Wildman–Crippen LogP) is 2.63. The zero-order chi connectivity index (χ0) is 15.9. The van der Waals surface area contributed by atoms with Gasteiger partial charge >= 0.3 is 5.97 Å². The number of nitrogens with zero attached hydrogens (tertiary/aromatic N) is 1. The van der Waals surface area contributed by atoms with E-state index in [9.17, 15) is 9.59 Å². The van der Waals surface area contributed by atoms with Gasteiger partial charge < -0.3 is 14.4 Å². The number of carbonyl (C=O) groups excluding carboxylic acids is 2. The maximum atomic E-state index is 12.7. The van der Waals surface area contributed by atoms with Crippen molar-refractivity contribution in [1.29, 1.82) is 0 Å². The average molecular weight is 370 g/mol. The third-order valence-corrected chi connectivity index (χ3v) is 4.34. The van der Waals surface area contributed by atoms with E-state index in [1.807, 2.05) is 18.2 Å². The summed E-state index contributed by atoms with van der Waals surface area (Å²) in [6.45, 7) is 1.56. The predicted molar refractivity (Wildman–Crippen MR) is 85.7 cm³/mol. The number of ether oxygens (including phenoxy) is 2. The fraction of sp³-hybridized carbons (Fsp3) is 0.500. The number of halogens is 1. The zero-order valence-electron chi connectivity index (χ0n) is 12.6. The van der Waals surface area contributed by atoms with Gasteiger partial charge in [-0.15, -0.1) is 0 Å². The van der Waals surface area contributed by atoms with Crippen molar-refractivity contribution in [3.05, 3.63) is 34.3 Å². The van der Waals surface area contributed by atoms with Crippen molar-refractivity contribution >= 4 is 27.8 Å². The number of esters is 1. The largest absolute Gasteiger partial charge is 0.469 e. The number of benzene rings is 1. The Balaban J connectivity index is 2.09. The summed E-state index contributed by atoms with van der Waals surface area (Å²) < 4.78 is 11.0. The number of hydrogen-bond donors (Lipinski definition) is 0. The summed E-state index contributed by atoms with van der Waals surface area (Å²) >= 11 is 3.40. The molecule has 1 amide bonds. The van der Waals surface area contributed by atoms with Crippen LogP contribution >= 0.6 is 15.9 Å². The van der Waals surface area contributed by atoms with Crippen LogP contribution in [0.1, 0.15) is 29.6 Å². The van der Waals surface area contributed by atoms with Gasteiger partial charge in [-0.1, -0.05) is 12.1 Å². The first-order valence-corrected chi connectivity index (χ1v) is 8.13. The van der Waals surface area contributed by atoms with Gasteiger partial charge in [-0.05, 0) is 40.9 Å². The van der Waals surface area contributed by atoms with Crippen LogP contribution in [0.25, 0.3) is 0 Å². The standard InChI is InChI=1S/C16H20BrNO4/c1-21-15(19)8-9-18(11-12-5-4-10-22-12)16(20)13-6-2-3-7-14(13)17/h2-3,6-7,12H,4-5,8-11H2,1H3. The molecule has 22 heavy (non-hydrogen) atoms. The molecule has 5 nitrogen and oxygen atoms in total. The fourth-order valence-electron chi connectivity index (χ4n) is 2.44. The van der Waals surface area contributed by atoms with Crippen LogP contribution < -0.4 is 0 Å². The number of carbonyl (C=O) groups is 2. The molecule has 1 aliphatic rings. The average Bonchev–Trinajstić information content (AvgIpc) is 3.04. The summed E-state index contributed by atoms with van der Waals surface area (Å²) in [5, 5.41) is 0. The zero-order valence-corrected chi connectivity index (χ0v) is 14.2. The summed E-state index contributed by atoms with van der Waals surface area (Å²) in [6, 6.07) is 7.28. The monoisotopic (exact) mass is 369 g/mol. The smallest absolute Gasteiger partial charge is 0.307 e. The summed E-state index contributed by atoms with van der Waals surface area (Å²) in [7, 11) is 1.35. The maximum Gasteiger partial charge on any atom is 0.307 e. The molecular formula is C16H20BrNO4. The summed E-state index contributed by atoms with van der Waals surface area (Å²) in [4.78, 5) is 25.8. The Labute approximate surface area is 138 Å². The first kappa shape index (κ1) is 17.0. The van der Waals surface area contributed by atoms with Crippen LogP contribution in [-0.2, 0) is 14.3 Å². The molecule has 0 N–H and O–H groups in total. The molecule has 1 aromatic rings. The van der Waals surface area contributed by atoms with Crippen LogP contribution in [0.3, 0.4) is 0 Å². The lowest BCUT2D eigenvalue weighted by atomic mass is 10.1. The topological polar surface area (TPSA) is 55.8 Å². The van der Waals surface area contributed by atoms with Gasteiger partial charge in [0.15, 0.2) is 0 Å². The molecule has 1 aromatic carbocycles. The molecule has 0 bridgehead atoms. The molecule has 6 heteroatoms. The van der Waals surface area contributed by atoms with Crippen molar-refractivity contribution in [2.75, 3.05) is 26.8 Å². The third-order valence-electron chi connectivity index (χ3n) is 3.65. The van der Waals surface area contributed by atoms with Gasteiger partial charge in [-0.25, -0.2) is 0 Å². The van der Waals surface area contributed by atoms with Crippen LogP contribution in [0.4, 0.5) is 0 Å². The van der Waals surface area contributed by atoms with Gasteiger partial charge in [0.05, 0.1) is 25.2 Å². The molecule has 0 aromatic heterocycles. The van der Waals surface area contributed by atoms with E-state index in [1.54, 1.807) is 11.0 Å². The van der Waals surface area contributed by atoms with Gasteiger partial charge in [0.25, 0.3) is 5.91 Å². The van der Waals surface area contributed by atoms with Crippen molar-refractivity contribution in [1.82, 2.24) is 4.90 Å². The van der Waals surface area contributed by atoms with E-state index in [2.05, 4.69) is 20.7 Å². The molecule has 1 aliphatic heterocycles. The van der Waals surface area contributed by atoms with Crippen LogP contribution in [0.2, 0.25) is 0 Å². The highest BCUT2D eigenvalue weighted by Crippen LogP contribution is 2.20. The Kier molecular flexibility index (Phi) is 6.39. The van der Waals surface area contributed by atoms with Gasteiger partial charge in [-0.3, -0.25) is 9.59 Å². The van der Waals surface area contributed by atoms with E-state index in [1.165, 1.54) is 7.11 Å². The Bertz CT molecular complexity index is 529. The second-order valence-electron chi connectivity index (χ2n) is 5.19. The van der Waals surface area contributed by atoms with E-state index in [0.717, 1.165) is 23.9 Å². The normalized spacial score (nSPS) is 17.3. The molecule has 1 atom stereocenters. The van der Waals surface area contributed by atoms with Crippen LogP contribution in [0.15, 0.2) is 28.7 Å². The van der Waals surface area contributed by atoms with Gasteiger partial charge in [0.2, 0.25) is 0 Å². The maximum absolute atomic E-state index is 12.7. The van der Waals surface area contributed by atoms with Crippen molar-refractivity contribution in [2.45, 2.75) is 25.4 Å². The molecule has 2 rings (SSSR count). The minimum absolute atomic E-state index is 0.0454. The first-order chi connectivity index (χ1) is 10.6. The van der Waals surface area contributed by atoms with Gasteiger partial charge in [0, 0.05) is 24.2 Å². The van der Waals surface area contributed by atoms with Crippen molar-refractivity contribution in [3.8, 4) is 0 Å². The lowest BCUT2D eigenvalue weighted by Gasteiger charge is -2.25. The second kappa shape index (κ2) is 8.29. The lowest BCUT2D eigenvalue weighted by molar-refractivity contribution is -0.140. The number of rotatable bonds is 6. The minimum atomic E-state index is -0.322. The number of methoxy groups -OCH3 is 1. The highest BCUT2D eigenvalue weighted by molar-refractivity contribution is 9.10. The Morgan fingerprint density at radius 2 is 2.18 bits per heavy atom. The lowest BCUT2D eigenvalue weighted by Crippen LogP contribution is -2.39. The van der Waals surface area contributed by atoms with E-state index in [0.29, 0.717) is 18.7 Å². The fourth-order valence-corrected chi connectivity index (χ4v) is 2.90. The van der Waals surface area contributed by atoms with Crippen molar-refractivity contribution in [3.63, 3.8) is 0 Å². The molecule has 120 valence electrons. The third kappa shape index (κ3) is 4.55. The van der Waals surface area contributed by atoms with Gasteiger partial charge in [-0.2, -0.15) is 0 Å². The molecule has 1 unspecified atom stereocenters. The number of amides is 1. The summed E-state index contributed by atoms with van der Waals surface area (Å²) in [6.07, 6.45) is 2.18. The SMILES string of the molecule is COC(=O)CCN(CC1CCCO1)C(=O)c1ccccc1Br. The van der Waals surface area contributed by atoms with E-state index in [4.69, 9.17) is 4.74 Å². The Morgan fingerprint density at radius 3 is 2.82 bits per heavy atom. The highest BCUT2D eigenvalue weighted by Gasteiger charge is 2.24. The molecule has 1 saturated heterocycles. The highest BCUT2D eigenvalue weighted by atomic mass is 79.9. The van der Waals surface area contributed by atoms with E-state index < -0.39 is 0 Å². The molecule has 1 fully saturated rings. The quantitative estimate of drug-likeness (QED) is 0.723. The first-order valence-electron chi connectivity index (χ1n) is 7.34. The Hall–Kier alpha value is -1.40. The van der Waals surface area contributed by atoms with Crippen LogP contribution in [0, 0.1) is 0 Å². The molecular weight excluding hydrogens is 350 g/mol. The number of hydrogen-bond acceptors (Lipinski definition) is 4. The van der Waals surface area contributed by atoms with Crippen molar-refractivity contribution < 1.29 is 19.1 Å². The summed E-state index contributed by atoms with van der Waals surface area (Å²) in [5.41, 5.74) is 0.588. The molecule has 1 heterocycles. The molecule has 0 aliphatic carbocycles. The van der Waals surface area contributed by atoms with Gasteiger partial charge in [0.1, 0.15) is 0 Å². The molecule has 0 spiro atoms. The van der Waals surface area contributed by atoms with Crippen LogP contribution in [0.5, 0.6) is 0 Å². The van der Waals surface area contributed by atoms with Crippen molar-refractivity contribution in [2.24, 2.45) is 0 Å². The van der Waals surface area contributed by atoms with E-state index in [-0.39, 0.29) is 24.4 Å². The molecule has 0 radical (unpaired) electrons. The minimum Gasteiger partial charge on any atom is -0.469 e. The second-order valence-corrected chi connectivity index (χ2v) is 6.05. The van der Waals surface area contributed by atoms with Crippen LogP contribution in [-0.4, -0.2) is 49.7 Å². The summed E-state index contributed by atoms with van der Waals surface area (Å²) in [5.74, 6) is -0.427. The Morgan fingerprint density at radius 1 is 1.41 bits per heavy atom.